The van der Waals surface area contributed by atoms with Gasteiger partial charge in [0.2, 0.25) is 5.88 Å². The van der Waals surface area contributed by atoms with Crippen LogP contribution in [0.4, 0.5) is 0 Å². The molecule has 14 heavy (non-hydrogen) atoms. The number of rotatable bonds is 2. The molecule has 70 valence electrons. The van der Waals surface area contributed by atoms with Gasteiger partial charge in [-0.1, -0.05) is 5.92 Å². The lowest BCUT2D eigenvalue weighted by Crippen LogP contribution is -2.26. The van der Waals surface area contributed by atoms with Crippen LogP contribution >= 0.6 is 0 Å². The molecule has 0 aliphatic heterocycles. The summed E-state index contributed by atoms with van der Waals surface area (Å²) in [7, 11) is 0. The topological polar surface area (TPSA) is 58.8 Å². The Morgan fingerprint density at radius 1 is 1.57 bits per heavy atom. The summed E-state index contributed by atoms with van der Waals surface area (Å²) < 4.78 is 5.33. The van der Waals surface area contributed by atoms with Crippen molar-refractivity contribution in [2.24, 2.45) is 0 Å². The third-order valence-corrected chi connectivity index (χ3v) is 1.47. The molecule has 0 amide bonds. The molecule has 0 bridgehead atoms. The van der Waals surface area contributed by atoms with E-state index in [0.29, 0.717) is 5.56 Å². The number of aromatic nitrogens is 2. The molecule has 0 aliphatic carbocycles. The first-order valence-electron chi connectivity index (χ1n) is 3.97. The van der Waals surface area contributed by atoms with E-state index < -0.39 is 5.60 Å². The highest BCUT2D eigenvalue weighted by atomic mass is 16.5. The number of hydrogen-bond acceptors (Lipinski definition) is 4. The van der Waals surface area contributed by atoms with E-state index in [1.807, 2.05) is 6.07 Å². The molecule has 4 heteroatoms. The third kappa shape index (κ3) is 2.46. The van der Waals surface area contributed by atoms with Crippen LogP contribution in [0.25, 0.3) is 0 Å². The second-order valence-electron chi connectivity index (χ2n) is 3.15. The zero-order chi connectivity index (χ0) is 10.6. The zero-order valence-electron chi connectivity index (χ0n) is 7.98. The molecule has 1 heterocycles. The Hall–Kier alpha value is -2.07. The van der Waals surface area contributed by atoms with Crippen molar-refractivity contribution in [2.45, 2.75) is 19.4 Å². The van der Waals surface area contributed by atoms with Crippen molar-refractivity contribution in [2.75, 3.05) is 0 Å². The van der Waals surface area contributed by atoms with Crippen LogP contribution in [0.3, 0.4) is 0 Å². The molecule has 0 saturated heterocycles. The van der Waals surface area contributed by atoms with Crippen molar-refractivity contribution >= 4 is 0 Å². The molecule has 1 aromatic heterocycles. The molecule has 0 saturated carbocycles. The Kier molecular flexibility index (Phi) is 2.69. The van der Waals surface area contributed by atoms with Gasteiger partial charge >= 0.3 is 0 Å². The number of nitriles is 1. The van der Waals surface area contributed by atoms with E-state index in [9.17, 15) is 0 Å². The summed E-state index contributed by atoms with van der Waals surface area (Å²) >= 11 is 0. The molecule has 4 nitrogen and oxygen atoms in total. The van der Waals surface area contributed by atoms with Gasteiger partial charge < -0.3 is 4.74 Å². The molecule has 0 aromatic carbocycles. The Balaban J connectivity index is 2.90. The van der Waals surface area contributed by atoms with Gasteiger partial charge in [-0.15, -0.1) is 11.5 Å². The fourth-order valence-electron chi connectivity index (χ4n) is 0.749. The number of terminal acetylenes is 1. The van der Waals surface area contributed by atoms with Crippen LogP contribution in [0.2, 0.25) is 0 Å². The summed E-state index contributed by atoms with van der Waals surface area (Å²) in [6, 6.07) is 3.43. The lowest BCUT2D eigenvalue weighted by atomic mass is 10.1. The van der Waals surface area contributed by atoms with E-state index in [1.165, 1.54) is 12.3 Å². The highest BCUT2D eigenvalue weighted by molar-refractivity contribution is 5.29. The van der Waals surface area contributed by atoms with Crippen molar-refractivity contribution < 1.29 is 4.74 Å². The average Bonchev–Trinajstić information content (AvgIpc) is 2.17. The van der Waals surface area contributed by atoms with E-state index in [2.05, 4.69) is 16.1 Å². The van der Waals surface area contributed by atoms with Gasteiger partial charge in [-0.3, -0.25) is 0 Å². The van der Waals surface area contributed by atoms with E-state index in [0.717, 1.165) is 0 Å². The fraction of sp³-hybridized carbons (Fsp3) is 0.300. The molecule has 1 rings (SSSR count). The van der Waals surface area contributed by atoms with Gasteiger partial charge in [-0.2, -0.15) is 10.4 Å². The monoisotopic (exact) mass is 187 g/mol. The molecule has 0 atom stereocenters. The average molecular weight is 187 g/mol. The van der Waals surface area contributed by atoms with Crippen LogP contribution in [0.15, 0.2) is 12.3 Å². The maximum Gasteiger partial charge on any atom is 0.236 e. The number of nitrogens with zero attached hydrogens (tertiary/aromatic N) is 3. The predicted octanol–water partition coefficient (Wildman–Crippen LogP) is 1.14. The largest absolute Gasteiger partial charge is 0.457 e. The molecule has 0 N–H and O–H groups in total. The van der Waals surface area contributed by atoms with Gasteiger partial charge in [0.15, 0.2) is 5.60 Å². The van der Waals surface area contributed by atoms with Gasteiger partial charge in [0.05, 0.1) is 11.8 Å². The van der Waals surface area contributed by atoms with E-state index in [-0.39, 0.29) is 5.88 Å². The molecular formula is C10H9N3O. The molecular weight excluding hydrogens is 178 g/mol. The normalized spacial score (nSPS) is 10.0. The van der Waals surface area contributed by atoms with Crippen molar-refractivity contribution in [1.29, 1.82) is 5.26 Å². The predicted molar refractivity (Wildman–Crippen MR) is 50.3 cm³/mol. The lowest BCUT2D eigenvalue weighted by Gasteiger charge is -2.18. The standard InChI is InChI=1S/C10H9N3O/c1-4-10(2,3)14-9-5-8(6-11)7-12-13-9/h1,5,7H,2-3H3. The van der Waals surface area contributed by atoms with Gasteiger partial charge in [-0.05, 0) is 13.8 Å². The smallest absolute Gasteiger partial charge is 0.236 e. The minimum absolute atomic E-state index is 0.256. The minimum atomic E-state index is -0.747. The quantitative estimate of drug-likeness (QED) is 0.651. The van der Waals surface area contributed by atoms with Crippen molar-refractivity contribution in [3.8, 4) is 24.3 Å². The van der Waals surface area contributed by atoms with Gasteiger partial charge in [-0.25, -0.2) is 0 Å². The van der Waals surface area contributed by atoms with Crippen LogP contribution in [-0.4, -0.2) is 15.8 Å². The highest BCUT2D eigenvalue weighted by Gasteiger charge is 2.16. The molecule has 0 unspecified atom stereocenters. The minimum Gasteiger partial charge on any atom is -0.457 e. The van der Waals surface area contributed by atoms with Crippen molar-refractivity contribution in [1.82, 2.24) is 10.2 Å². The molecule has 0 aliphatic rings. The maximum atomic E-state index is 8.60. The Morgan fingerprint density at radius 3 is 2.86 bits per heavy atom. The van der Waals surface area contributed by atoms with Crippen LogP contribution in [0.5, 0.6) is 5.88 Å². The number of hydrogen-bond donors (Lipinski definition) is 0. The Labute approximate surface area is 82.5 Å². The van der Waals surface area contributed by atoms with Gasteiger partial charge in [0.25, 0.3) is 0 Å². The van der Waals surface area contributed by atoms with Crippen LogP contribution in [-0.2, 0) is 0 Å². The lowest BCUT2D eigenvalue weighted by molar-refractivity contribution is 0.162. The zero-order valence-corrected chi connectivity index (χ0v) is 7.98. The number of ether oxygens (including phenoxy) is 1. The van der Waals surface area contributed by atoms with Crippen molar-refractivity contribution in [3.05, 3.63) is 17.8 Å². The van der Waals surface area contributed by atoms with E-state index in [4.69, 9.17) is 16.4 Å². The van der Waals surface area contributed by atoms with Gasteiger partial charge in [0, 0.05) is 6.07 Å². The molecule has 0 radical (unpaired) electrons. The Morgan fingerprint density at radius 2 is 2.29 bits per heavy atom. The van der Waals surface area contributed by atoms with E-state index in [1.54, 1.807) is 13.8 Å². The Bertz CT molecular complexity index is 412. The fourth-order valence-corrected chi connectivity index (χ4v) is 0.749. The van der Waals surface area contributed by atoms with Crippen molar-refractivity contribution in [3.63, 3.8) is 0 Å². The summed E-state index contributed by atoms with van der Waals surface area (Å²) in [4.78, 5) is 0. The SMILES string of the molecule is C#CC(C)(C)Oc1cc(C#N)cnn1. The van der Waals surface area contributed by atoms with Crippen LogP contribution in [0, 0.1) is 23.7 Å². The molecule has 0 spiro atoms. The summed E-state index contributed by atoms with van der Waals surface area (Å²) in [5.74, 6) is 2.71. The summed E-state index contributed by atoms with van der Waals surface area (Å²) in [6.45, 7) is 3.46. The van der Waals surface area contributed by atoms with E-state index >= 15 is 0 Å². The van der Waals surface area contributed by atoms with Crippen LogP contribution in [0.1, 0.15) is 19.4 Å². The molecule has 0 fully saturated rings. The van der Waals surface area contributed by atoms with Gasteiger partial charge in [0.1, 0.15) is 6.07 Å². The summed E-state index contributed by atoms with van der Waals surface area (Å²) in [5, 5.41) is 15.9. The maximum absolute atomic E-state index is 8.60. The van der Waals surface area contributed by atoms with Crippen LogP contribution < -0.4 is 4.74 Å². The summed E-state index contributed by atoms with van der Waals surface area (Å²) in [6.07, 6.45) is 6.59. The first-order valence-corrected chi connectivity index (χ1v) is 3.97. The first kappa shape index (κ1) is 10.0. The second-order valence-corrected chi connectivity index (χ2v) is 3.15. The second kappa shape index (κ2) is 3.76. The summed E-state index contributed by atoms with van der Waals surface area (Å²) in [5.41, 5.74) is -0.356. The third-order valence-electron chi connectivity index (χ3n) is 1.47. The first-order chi connectivity index (χ1) is 6.57. The molecule has 1 aromatic rings. The highest BCUT2D eigenvalue weighted by Crippen LogP contribution is 2.14.